The lowest BCUT2D eigenvalue weighted by molar-refractivity contribution is -0.140. The Bertz CT molecular complexity index is 1160. The van der Waals surface area contributed by atoms with Crippen LogP contribution in [-0.4, -0.2) is 38.8 Å². The van der Waals surface area contributed by atoms with Gasteiger partial charge in [-0.3, -0.25) is 19.6 Å². The van der Waals surface area contributed by atoms with Crippen molar-refractivity contribution < 1.29 is 19.4 Å². The number of carbonyl (C=O) groups excluding carboxylic acids is 2. The van der Waals surface area contributed by atoms with Gasteiger partial charge in [0, 0.05) is 36.9 Å². The molecule has 1 aliphatic rings. The fraction of sp³-hybridized carbons (Fsp3) is 0.167. The average molecular weight is 415 g/mol. The van der Waals surface area contributed by atoms with Crippen molar-refractivity contribution in [1.29, 1.82) is 0 Å². The van der Waals surface area contributed by atoms with Gasteiger partial charge in [-0.15, -0.1) is 0 Å². The second kappa shape index (κ2) is 8.39. The molecule has 156 valence electrons. The highest BCUT2D eigenvalue weighted by atomic mass is 16.5. The number of ketones is 1. The first-order valence-electron chi connectivity index (χ1n) is 9.73. The summed E-state index contributed by atoms with van der Waals surface area (Å²) >= 11 is 0. The Morgan fingerprint density at radius 2 is 1.84 bits per heavy atom. The molecule has 0 bridgehead atoms. The second-order valence-corrected chi connectivity index (χ2v) is 7.26. The number of methoxy groups -OCH3 is 1. The van der Waals surface area contributed by atoms with Gasteiger partial charge in [-0.25, -0.2) is 0 Å². The summed E-state index contributed by atoms with van der Waals surface area (Å²) in [6, 6.07) is 11.5. The van der Waals surface area contributed by atoms with Gasteiger partial charge in [0.05, 0.1) is 18.7 Å². The average Bonchev–Trinajstić information content (AvgIpc) is 3.04. The quantitative estimate of drug-likeness (QED) is 0.390. The van der Waals surface area contributed by atoms with E-state index >= 15 is 0 Å². The van der Waals surface area contributed by atoms with Crippen molar-refractivity contribution in [2.75, 3.05) is 7.11 Å². The molecule has 0 radical (unpaired) electrons. The number of aromatic nitrogens is 2. The van der Waals surface area contributed by atoms with Crippen LogP contribution in [0.2, 0.25) is 0 Å². The molecule has 7 heteroatoms. The Labute approximate surface area is 179 Å². The van der Waals surface area contributed by atoms with Crippen LogP contribution >= 0.6 is 0 Å². The van der Waals surface area contributed by atoms with Crippen LogP contribution in [0.5, 0.6) is 5.75 Å². The van der Waals surface area contributed by atoms with E-state index in [1.165, 1.54) is 4.90 Å². The Kier molecular flexibility index (Phi) is 5.49. The van der Waals surface area contributed by atoms with Crippen LogP contribution in [-0.2, 0) is 16.1 Å². The first-order chi connectivity index (χ1) is 15.0. The number of amides is 1. The smallest absolute Gasteiger partial charge is 0.295 e. The minimum absolute atomic E-state index is 0.0338. The summed E-state index contributed by atoms with van der Waals surface area (Å²) in [6.45, 7) is 2.02. The molecule has 0 aliphatic carbocycles. The molecule has 3 aromatic rings. The highest BCUT2D eigenvalue weighted by Gasteiger charge is 2.46. The molecule has 1 saturated heterocycles. The molecule has 0 spiro atoms. The molecular weight excluding hydrogens is 394 g/mol. The molecule has 1 N–H and O–H groups in total. The van der Waals surface area contributed by atoms with E-state index in [9.17, 15) is 14.7 Å². The van der Waals surface area contributed by atoms with Crippen LogP contribution in [0, 0.1) is 6.92 Å². The van der Waals surface area contributed by atoms with Crippen LogP contribution in [0.3, 0.4) is 0 Å². The molecule has 1 aliphatic heterocycles. The van der Waals surface area contributed by atoms with Crippen LogP contribution in [0.15, 0.2) is 72.8 Å². The van der Waals surface area contributed by atoms with Crippen molar-refractivity contribution in [3.63, 3.8) is 0 Å². The van der Waals surface area contributed by atoms with Gasteiger partial charge in [0.25, 0.3) is 11.7 Å². The van der Waals surface area contributed by atoms with E-state index in [0.717, 1.165) is 11.1 Å². The summed E-state index contributed by atoms with van der Waals surface area (Å²) in [5.74, 6) is -0.975. The predicted octanol–water partition coefficient (Wildman–Crippen LogP) is 3.42. The molecule has 1 aromatic carbocycles. The lowest BCUT2D eigenvalue weighted by atomic mass is 9.95. The van der Waals surface area contributed by atoms with Gasteiger partial charge in [-0.05, 0) is 53.9 Å². The van der Waals surface area contributed by atoms with E-state index in [-0.39, 0.29) is 17.9 Å². The van der Waals surface area contributed by atoms with Crippen LogP contribution < -0.4 is 4.74 Å². The minimum Gasteiger partial charge on any atom is -0.507 e. The Morgan fingerprint density at radius 1 is 1.10 bits per heavy atom. The third-order valence-electron chi connectivity index (χ3n) is 5.28. The fourth-order valence-corrected chi connectivity index (χ4v) is 3.80. The molecule has 1 atom stereocenters. The molecule has 2 aromatic heterocycles. The number of nitrogens with zero attached hydrogens (tertiary/aromatic N) is 3. The van der Waals surface area contributed by atoms with Crippen molar-refractivity contribution in [2.45, 2.75) is 19.5 Å². The molecular formula is C24H21N3O4. The molecule has 0 unspecified atom stereocenters. The normalized spacial score (nSPS) is 17.7. The zero-order valence-corrected chi connectivity index (χ0v) is 17.1. The lowest BCUT2D eigenvalue weighted by Gasteiger charge is -2.25. The SMILES string of the molecule is COc1ccc(C(O)=C2C(=O)C(=O)N(Cc3cccnc3)[C@H]2c2cccnc2)cc1C. The molecule has 3 heterocycles. The maximum atomic E-state index is 13.0. The number of Topliss-reactive ketones (excluding diaryl/α,β-unsaturated/α-hetero) is 1. The number of likely N-dealkylation sites (tertiary alicyclic amines) is 1. The maximum Gasteiger partial charge on any atom is 0.295 e. The lowest BCUT2D eigenvalue weighted by Crippen LogP contribution is -2.29. The van der Waals surface area contributed by atoms with Gasteiger partial charge >= 0.3 is 0 Å². The number of carbonyl (C=O) groups is 2. The molecule has 4 rings (SSSR count). The Morgan fingerprint density at radius 3 is 2.45 bits per heavy atom. The van der Waals surface area contributed by atoms with Crippen LogP contribution in [0.4, 0.5) is 0 Å². The molecule has 1 amide bonds. The van der Waals surface area contributed by atoms with Gasteiger partial charge in [0.15, 0.2) is 0 Å². The summed E-state index contributed by atoms with van der Waals surface area (Å²) in [6.07, 6.45) is 6.50. The van der Waals surface area contributed by atoms with E-state index in [2.05, 4.69) is 9.97 Å². The summed E-state index contributed by atoms with van der Waals surface area (Å²) in [5.41, 5.74) is 2.68. The van der Waals surface area contributed by atoms with Crippen molar-refractivity contribution in [3.8, 4) is 5.75 Å². The Hall–Kier alpha value is -4.00. The number of hydrogen-bond acceptors (Lipinski definition) is 6. The summed E-state index contributed by atoms with van der Waals surface area (Å²) in [4.78, 5) is 35.7. The topological polar surface area (TPSA) is 92.6 Å². The first kappa shape index (κ1) is 20.3. The Balaban J connectivity index is 1.85. The second-order valence-electron chi connectivity index (χ2n) is 7.26. The standard InChI is InChI=1S/C24H21N3O4/c1-15-11-17(7-8-19(15)31-2)22(28)20-21(18-6-4-10-26-13-18)27(24(30)23(20)29)14-16-5-3-9-25-12-16/h3-13,21,28H,14H2,1-2H3/t21-/m0/s1. The maximum absolute atomic E-state index is 13.0. The number of hydrogen-bond donors (Lipinski definition) is 1. The van der Waals surface area contributed by atoms with Crippen molar-refractivity contribution in [1.82, 2.24) is 14.9 Å². The van der Waals surface area contributed by atoms with Gasteiger partial charge in [-0.1, -0.05) is 12.1 Å². The van der Waals surface area contributed by atoms with Gasteiger partial charge in [0.2, 0.25) is 0 Å². The zero-order chi connectivity index (χ0) is 22.0. The van der Waals surface area contributed by atoms with Gasteiger partial charge < -0.3 is 14.7 Å². The molecule has 31 heavy (non-hydrogen) atoms. The first-order valence-corrected chi connectivity index (χ1v) is 9.73. The largest absolute Gasteiger partial charge is 0.507 e. The third-order valence-corrected chi connectivity index (χ3v) is 5.28. The number of ether oxygens (including phenoxy) is 1. The van der Waals surface area contributed by atoms with Crippen LogP contribution in [0.1, 0.15) is 28.3 Å². The fourth-order valence-electron chi connectivity index (χ4n) is 3.80. The van der Waals surface area contributed by atoms with Gasteiger partial charge in [0.1, 0.15) is 11.5 Å². The van der Waals surface area contributed by atoms with Crippen molar-refractivity contribution in [3.05, 3.63) is 95.1 Å². The van der Waals surface area contributed by atoms with Crippen molar-refractivity contribution in [2.24, 2.45) is 0 Å². The molecule has 7 nitrogen and oxygen atoms in total. The number of rotatable bonds is 5. The molecule has 0 saturated carbocycles. The summed E-state index contributed by atoms with van der Waals surface area (Å²) < 4.78 is 5.28. The highest BCUT2D eigenvalue weighted by molar-refractivity contribution is 6.46. The van der Waals surface area contributed by atoms with Gasteiger partial charge in [-0.2, -0.15) is 0 Å². The highest BCUT2D eigenvalue weighted by Crippen LogP contribution is 2.40. The zero-order valence-electron chi connectivity index (χ0n) is 17.1. The summed E-state index contributed by atoms with van der Waals surface area (Å²) in [7, 11) is 1.56. The number of aryl methyl sites for hydroxylation is 1. The third kappa shape index (κ3) is 3.77. The van der Waals surface area contributed by atoms with E-state index in [4.69, 9.17) is 4.74 Å². The van der Waals surface area contributed by atoms with E-state index in [1.807, 2.05) is 13.0 Å². The number of aliphatic hydroxyl groups is 1. The van der Waals surface area contributed by atoms with Crippen molar-refractivity contribution >= 4 is 17.4 Å². The number of benzene rings is 1. The van der Waals surface area contributed by atoms with Crippen LogP contribution in [0.25, 0.3) is 5.76 Å². The minimum atomic E-state index is -0.767. The van der Waals surface area contributed by atoms with E-state index in [0.29, 0.717) is 16.9 Å². The number of pyridine rings is 2. The molecule has 1 fully saturated rings. The summed E-state index contributed by atoms with van der Waals surface area (Å²) in [5, 5.41) is 11.1. The van der Waals surface area contributed by atoms with E-state index < -0.39 is 17.7 Å². The van der Waals surface area contributed by atoms with E-state index in [1.54, 1.807) is 68.3 Å². The predicted molar refractivity (Wildman–Crippen MR) is 114 cm³/mol. The monoisotopic (exact) mass is 415 g/mol. The number of aliphatic hydroxyl groups excluding tert-OH is 1.